The minimum Gasteiger partial charge on any atom is -0.362 e. The van der Waals surface area contributed by atoms with E-state index < -0.39 is 10.4 Å². The van der Waals surface area contributed by atoms with Crippen molar-refractivity contribution in [3.8, 4) is 5.75 Å². The van der Waals surface area contributed by atoms with Crippen molar-refractivity contribution in [1.29, 1.82) is 0 Å². The molecule has 0 fully saturated rings. The summed E-state index contributed by atoms with van der Waals surface area (Å²) in [6.07, 6.45) is 0. The SMILES string of the molecule is O=S(=O)(O)Oc1ccc(N(Cc2ccccc2)c2ccccc2)cc1. The Bertz CT molecular complexity index is 911. The summed E-state index contributed by atoms with van der Waals surface area (Å²) in [5.74, 6) is 0.0546. The molecule has 3 aromatic carbocycles. The second-order valence-corrected chi connectivity index (χ2v) is 6.43. The average molecular weight is 355 g/mol. The molecule has 0 aliphatic rings. The molecule has 0 radical (unpaired) electrons. The zero-order chi connectivity index (χ0) is 17.7. The number of hydrogen-bond acceptors (Lipinski definition) is 4. The molecule has 0 unspecified atom stereocenters. The van der Waals surface area contributed by atoms with Crippen LogP contribution in [0.15, 0.2) is 84.9 Å². The van der Waals surface area contributed by atoms with Crippen LogP contribution in [0, 0.1) is 0 Å². The maximum absolute atomic E-state index is 10.8. The van der Waals surface area contributed by atoms with Crippen LogP contribution in [0.3, 0.4) is 0 Å². The first kappa shape index (κ1) is 17.0. The molecule has 3 rings (SSSR count). The van der Waals surface area contributed by atoms with E-state index >= 15 is 0 Å². The van der Waals surface area contributed by atoms with E-state index in [9.17, 15) is 8.42 Å². The number of para-hydroxylation sites is 1. The van der Waals surface area contributed by atoms with Crippen LogP contribution in [-0.2, 0) is 16.9 Å². The van der Waals surface area contributed by atoms with E-state index in [2.05, 4.69) is 9.08 Å². The molecule has 0 atom stereocenters. The molecule has 3 aromatic rings. The summed E-state index contributed by atoms with van der Waals surface area (Å²) in [6.45, 7) is 0.656. The normalized spacial score (nSPS) is 11.1. The molecular formula is C19H17NO4S. The first-order valence-corrected chi connectivity index (χ1v) is 9.01. The number of benzene rings is 3. The van der Waals surface area contributed by atoms with Gasteiger partial charge in [-0.3, -0.25) is 4.55 Å². The lowest BCUT2D eigenvalue weighted by molar-refractivity contribution is 0.387. The van der Waals surface area contributed by atoms with Gasteiger partial charge in [-0.25, -0.2) is 0 Å². The van der Waals surface area contributed by atoms with E-state index in [-0.39, 0.29) is 5.75 Å². The van der Waals surface area contributed by atoms with Gasteiger partial charge < -0.3 is 9.08 Å². The lowest BCUT2D eigenvalue weighted by Crippen LogP contribution is -2.16. The molecule has 0 saturated heterocycles. The number of rotatable bonds is 6. The van der Waals surface area contributed by atoms with E-state index in [0.29, 0.717) is 6.54 Å². The highest BCUT2D eigenvalue weighted by Crippen LogP contribution is 2.29. The van der Waals surface area contributed by atoms with Gasteiger partial charge in [0.2, 0.25) is 0 Å². The predicted octanol–water partition coefficient (Wildman–Crippen LogP) is 4.21. The van der Waals surface area contributed by atoms with Crippen molar-refractivity contribution >= 4 is 21.8 Å². The van der Waals surface area contributed by atoms with Crippen molar-refractivity contribution in [2.75, 3.05) is 4.90 Å². The molecule has 0 spiro atoms. The number of hydrogen-bond donors (Lipinski definition) is 1. The second kappa shape index (κ2) is 7.38. The highest BCUT2D eigenvalue weighted by atomic mass is 32.3. The van der Waals surface area contributed by atoms with Crippen molar-refractivity contribution in [3.63, 3.8) is 0 Å². The van der Waals surface area contributed by atoms with Crippen LogP contribution in [0.4, 0.5) is 11.4 Å². The Labute approximate surface area is 147 Å². The standard InChI is InChI=1S/C19H17NO4S/c21-25(22,23)24-19-13-11-18(12-14-19)20(17-9-5-2-6-10-17)15-16-7-3-1-4-8-16/h1-14H,15H2,(H,21,22,23). The van der Waals surface area contributed by atoms with E-state index in [1.807, 2.05) is 60.7 Å². The molecule has 25 heavy (non-hydrogen) atoms. The van der Waals surface area contributed by atoms with Gasteiger partial charge in [0, 0.05) is 17.9 Å². The molecule has 0 amide bonds. The first-order valence-electron chi connectivity index (χ1n) is 7.65. The summed E-state index contributed by atoms with van der Waals surface area (Å²) in [4.78, 5) is 2.10. The minimum absolute atomic E-state index is 0.0546. The van der Waals surface area contributed by atoms with Gasteiger partial charge in [0.15, 0.2) is 0 Å². The molecule has 0 heterocycles. The van der Waals surface area contributed by atoms with E-state index in [1.54, 1.807) is 12.1 Å². The van der Waals surface area contributed by atoms with Gasteiger partial charge in [0.05, 0.1) is 0 Å². The van der Waals surface area contributed by atoms with Gasteiger partial charge in [-0.1, -0.05) is 48.5 Å². The summed E-state index contributed by atoms with van der Waals surface area (Å²) in [7, 11) is -4.52. The third-order valence-corrected chi connectivity index (χ3v) is 4.00. The largest absolute Gasteiger partial charge is 0.446 e. The number of nitrogens with zero attached hydrogens (tertiary/aromatic N) is 1. The van der Waals surface area contributed by atoms with Gasteiger partial charge in [-0.2, -0.15) is 8.42 Å². The van der Waals surface area contributed by atoms with Gasteiger partial charge in [0.25, 0.3) is 0 Å². The smallest absolute Gasteiger partial charge is 0.362 e. The monoisotopic (exact) mass is 355 g/mol. The third kappa shape index (κ3) is 4.82. The molecule has 5 nitrogen and oxygen atoms in total. The van der Waals surface area contributed by atoms with Crippen LogP contribution in [0.25, 0.3) is 0 Å². The number of anilines is 2. The molecule has 6 heteroatoms. The molecule has 1 N–H and O–H groups in total. The predicted molar refractivity (Wildman–Crippen MR) is 97.3 cm³/mol. The van der Waals surface area contributed by atoms with E-state index in [1.165, 1.54) is 12.1 Å². The lowest BCUT2D eigenvalue weighted by atomic mass is 10.1. The van der Waals surface area contributed by atoms with Gasteiger partial charge >= 0.3 is 10.4 Å². The lowest BCUT2D eigenvalue weighted by Gasteiger charge is -2.25. The van der Waals surface area contributed by atoms with Crippen LogP contribution in [0.2, 0.25) is 0 Å². The van der Waals surface area contributed by atoms with Crippen LogP contribution in [0.5, 0.6) is 5.75 Å². The Hall–Kier alpha value is -2.83. The fraction of sp³-hybridized carbons (Fsp3) is 0.0526. The third-order valence-electron chi connectivity index (χ3n) is 3.60. The van der Waals surface area contributed by atoms with Crippen molar-refractivity contribution in [1.82, 2.24) is 0 Å². The second-order valence-electron chi connectivity index (χ2n) is 5.41. The summed E-state index contributed by atoms with van der Waals surface area (Å²) in [5.41, 5.74) is 3.03. The van der Waals surface area contributed by atoms with Crippen LogP contribution < -0.4 is 9.08 Å². The molecule has 0 aliphatic carbocycles. The van der Waals surface area contributed by atoms with Crippen LogP contribution in [-0.4, -0.2) is 13.0 Å². The zero-order valence-electron chi connectivity index (χ0n) is 13.3. The topological polar surface area (TPSA) is 66.8 Å². The maximum atomic E-state index is 10.8. The van der Waals surface area contributed by atoms with E-state index in [0.717, 1.165) is 16.9 Å². The highest BCUT2D eigenvalue weighted by molar-refractivity contribution is 7.81. The Morgan fingerprint density at radius 1 is 0.760 bits per heavy atom. The molecule has 0 aromatic heterocycles. The van der Waals surface area contributed by atoms with Gasteiger partial charge in [-0.05, 0) is 42.0 Å². The quantitative estimate of drug-likeness (QED) is 0.671. The summed E-state index contributed by atoms with van der Waals surface area (Å²) in [5, 5.41) is 0. The van der Waals surface area contributed by atoms with E-state index in [4.69, 9.17) is 4.55 Å². The van der Waals surface area contributed by atoms with Gasteiger partial charge in [0.1, 0.15) is 5.75 Å². The molecular weight excluding hydrogens is 338 g/mol. The van der Waals surface area contributed by atoms with Crippen LogP contribution >= 0.6 is 0 Å². The minimum atomic E-state index is -4.52. The van der Waals surface area contributed by atoms with Crippen molar-refractivity contribution < 1.29 is 17.2 Å². The average Bonchev–Trinajstić information content (AvgIpc) is 2.61. The molecule has 0 bridgehead atoms. The molecule has 128 valence electrons. The Balaban J connectivity index is 1.91. The summed E-state index contributed by atoms with van der Waals surface area (Å²) in [6, 6.07) is 26.4. The molecule has 0 saturated carbocycles. The molecule has 0 aliphatic heterocycles. The van der Waals surface area contributed by atoms with Gasteiger partial charge in [-0.15, -0.1) is 0 Å². The van der Waals surface area contributed by atoms with Crippen molar-refractivity contribution in [2.24, 2.45) is 0 Å². The zero-order valence-corrected chi connectivity index (χ0v) is 14.1. The highest BCUT2D eigenvalue weighted by Gasteiger charge is 2.12. The van der Waals surface area contributed by atoms with Crippen molar-refractivity contribution in [2.45, 2.75) is 6.54 Å². The first-order chi connectivity index (χ1) is 12.0. The maximum Gasteiger partial charge on any atom is 0.446 e. The fourth-order valence-corrected chi connectivity index (χ4v) is 2.86. The Kier molecular flexibility index (Phi) is 5.02. The summed E-state index contributed by atoms with van der Waals surface area (Å²) >= 11 is 0. The Morgan fingerprint density at radius 2 is 1.28 bits per heavy atom. The summed E-state index contributed by atoms with van der Waals surface area (Å²) < 4.78 is 34.8. The van der Waals surface area contributed by atoms with Crippen molar-refractivity contribution in [3.05, 3.63) is 90.5 Å². The fourth-order valence-electron chi connectivity index (χ4n) is 2.51. The van der Waals surface area contributed by atoms with Crippen LogP contribution in [0.1, 0.15) is 5.56 Å². The Morgan fingerprint density at radius 3 is 1.84 bits per heavy atom.